The van der Waals surface area contributed by atoms with E-state index in [0.717, 1.165) is 5.56 Å². The van der Waals surface area contributed by atoms with Gasteiger partial charge in [0.05, 0.1) is 18.2 Å². The number of rotatable bonds is 4. The zero-order valence-corrected chi connectivity index (χ0v) is 17.0. The Morgan fingerprint density at radius 2 is 1.53 bits per heavy atom. The second-order valence-corrected chi connectivity index (χ2v) is 7.44. The van der Waals surface area contributed by atoms with E-state index in [9.17, 15) is 4.79 Å². The summed E-state index contributed by atoms with van der Waals surface area (Å²) < 4.78 is 16.8. The number of esters is 1. The molecule has 2 aromatic heterocycles. The van der Waals surface area contributed by atoms with Crippen molar-refractivity contribution in [2.24, 2.45) is 0 Å². The van der Waals surface area contributed by atoms with Crippen molar-refractivity contribution in [2.45, 2.75) is 4.90 Å². The van der Waals surface area contributed by atoms with E-state index in [1.165, 1.54) is 12.0 Å². The van der Waals surface area contributed by atoms with Gasteiger partial charge in [-0.25, -0.2) is 14.8 Å². The first-order chi connectivity index (χ1) is 14.7. The number of methoxy groups -OCH3 is 1. The topological polar surface area (TPSA) is 78.4 Å². The SMILES string of the molecule is COC(=O)c1cccc2oc(-c3cccc4oc(-c5ccc(SC)cc5)nc34)nc12. The van der Waals surface area contributed by atoms with Crippen LogP contribution < -0.4 is 0 Å². The van der Waals surface area contributed by atoms with Crippen molar-refractivity contribution < 1.29 is 18.4 Å². The lowest BCUT2D eigenvalue weighted by molar-refractivity contribution is 0.0602. The molecule has 30 heavy (non-hydrogen) atoms. The second kappa shape index (κ2) is 7.35. The number of nitrogens with zero attached hydrogens (tertiary/aromatic N) is 2. The Hall–Kier alpha value is -3.58. The van der Waals surface area contributed by atoms with Crippen molar-refractivity contribution >= 4 is 39.9 Å². The maximum atomic E-state index is 12.1. The molecule has 0 spiro atoms. The molecule has 148 valence electrons. The van der Waals surface area contributed by atoms with Crippen LogP contribution >= 0.6 is 11.8 Å². The highest BCUT2D eigenvalue weighted by atomic mass is 32.2. The fourth-order valence-electron chi connectivity index (χ4n) is 3.32. The van der Waals surface area contributed by atoms with E-state index in [4.69, 9.17) is 18.6 Å². The summed E-state index contributed by atoms with van der Waals surface area (Å²) >= 11 is 1.68. The zero-order chi connectivity index (χ0) is 20.7. The Morgan fingerprint density at radius 3 is 2.27 bits per heavy atom. The summed E-state index contributed by atoms with van der Waals surface area (Å²) in [6, 6.07) is 18.8. The minimum atomic E-state index is -0.462. The van der Waals surface area contributed by atoms with Crippen molar-refractivity contribution in [2.75, 3.05) is 13.4 Å². The molecule has 5 rings (SSSR count). The third-order valence-corrected chi connectivity index (χ3v) is 5.55. The van der Waals surface area contributed by atoms with Gasteiger partial charge >= 0.3 is 5.97 Å². The predicted octanol–water partition coefficient (Wildman–Crippen LogP) is 5.81. The molecule has 0 unspecified atom stereocenters. The van der Waals surface area contributed by atoms with Gasteiger partial charge in [-0.15, -0.1) is 11.8 Å². The van der Waals surface area contributed by atoms with E-state index in [1.807, 2.05) is 48.7 Å². The third-order valence-electron chi connectivity index (χ3n) is 4.81. The van der Waals surface area contributed by atoms with Crippen LogP contribution in [-0.4, -0.2) is 29.3 Å². The molecule has 0 saturated heterocycles. The Labute approximate surface area is 175 Å². The van der Waals surface area contributed by atoms with Crippen molar-refractivity contribution in [1.29, 1.82) is 0 Å². The molecule has 3 aromatic carbocycles. The van der Waals surface area contributed by atoms with E-state index >= 15 is 0 Å². The van der Waals surface area contributed by atoms with Gasteiger partial charge in [0.25, 0.3) is 0 Å². The van der Waals surface area contributed by atoms with Gasteiger partial charge in [-0.2, -0.15) is 0 Å². The van der Waals surface area contributed by atoms with Crippen LogP contribution in [0.4, 0.5) is 0 Å². The van der Waals surface area contributed by atoms with Gasteiger partial charge in [0.2, 0.25) is 11.8 Å². The first-order valence-corrected chi connectivity index (χ1v) is 10.4. The third kappa shape index (κ3) is 3.04. The van der Waals surface area contributed by atoms with E-state index in [0.29, 0.717) is 45.1 Å². The van der Waals surface area contributed by atoms with Gasteiger partial charge < -0.3 is 13.6 Å². The Morgan fingerprint density at radius 1 is 0.867 bits per heavy atom. The number of hydrogen-bond donors (Lipinski definition) is 0. The van der Waals surface area contributed by atoms with Crippen LogP contribution in [0.15, 0.2) is 74.4 Å². The molecule has 0 fully saturated rings. The number of benzene rings is 3. The number of thioether (sulfide) groups is 1. The highest BCUT2D eigenvalue weighted by Gasteiger charge is 2.20. The molecule has 0 bridgehead atoms. The zero-order valence-electron chi connectivity index (χ0n) is 16.2. The molecular weight excluding hydrogens is 400 g/mol. The number of hydrogen-bond acceptors (Lipinski definition) is 7. The van der Waals surface area contributed by atoms with Gasteiger partial charge in [-0.3, -0.25) is 0 Å². The molecule has 7 heteroatoms. The Kier molecular flexibility index (Phi) is 4.52. The number of ether oxygens (including phenoxy) is 1. The van der Waals surface area contributed by atoms with E-state index in [-0.39, 0.29) is 0 Å². The van der Waals surface area contributed by atoms with Gasteiger partial charge in [0, 0.05) is 10.5 Å². The fourth-order valence-corrected chi connectivity index (χ4v) is 3.72. The van der Waals surface area contributed by atoms with Gasteiger partial charge in [-0.05, 0) is 54.8 Å². The summed E-state index contributed by atoms with van der Waals surface area (Å²) in [5.74, 6) is 0.428. The normalized spacial score (nSPS) is 11.3. The molecule has 2 heterocycles. The van der Waals surface area contributed by atoms with Crippen LogP contribution in [0.1, 0.15) is 10.4 Å². The van der Waals surface area contributed by atoms with Crippen LogP contribution in [0.5, 0.6) is 0 Å². The molecule has 0 N–H and O–H groups in total. The van der Waals surface area contributed by atoms with E-state index < -0.39 is 5.97 Å². The summed E-state index contributed by atoms with van der Waals surface area (Å²) in [5, 5.41) is 0. The fraction of sp³-hybridized carbons (Fsp3) is 0.0870. The molecule has 0 saturated carbocycles. The highest BCUT2D eigenvalue weighted by molar-refractivity contribution is 7.98. The maximum absolute atomic E-state index is 12.1. The summed E-state index contributed by atoms with van der Waals surface area (Å²) in [6.45, 7) is 0. The first kappa shape index (κ1) is 18.4. The standard InChI is InChI=1S/C23H16N2O4S/c1-27-23(26)16-6-4-8-18-20(16)25-22(29-18)15-5-3-7-17-19(15)24-21(28-17)13-9-11-14(30-2)12-10-13/h3-12H,1-2H3. The molecule has 0 aliphatic carbocycles. The average molecular weight is 416 g/mol. The average Bonchev–Trinajstić information content (AvgIpc) is 3.42. The molecule has 0 aliphatic heterocycles. The van der Waals surface area contributed by atoms with Gasteiger partial charge in [0.15, 0.2) is 11.2 Å². The Balaban J connectivity index is 1.64. The van der Waals surface area contributed by atoms with Crippen LogP contribution in [-0.2, 0) is 4.74 Å². The number of carbonyl (C=O) groups is 1. The second-order valence-electron chi connectivity index (χ2n) is 6.56. The van der Waals surface area contributed by atoms with Crippen molar-refractivity contribution in [3.8, 4) is 22.9 Å². The lowest BCUT2D eigenvalue weighted by atomic mass is 10.2. The number of carbonyl (C=O) groups excluding carboxylic acids is 1. The van der Waals surface area contributed by atoms with Crippen molar-refractivity contribution in [3.05, 3.63) is 66.2 Å². The van der Waals surface area contributed by atoms with Crippen LogP contribution in [0.2, 0.25) is 0 Å². The number of fused-ring (bicyclic) bond motifs is 2. The smallest absolute Gasteiger partial charge is 0.340 e. The number of para-hydroxylation sites is 2. The lowest BCUT2D eigenvalue weighted by Gasteiger charge is -1.97. The molecule has 6 nitrogen and oxygen atoms in total. The van der Waals surface area contributed by atoms with Crippen molar-refractivity contribution in [3.63, 3.8) is 0 Å². The summed E-state index contributed by atoms with van der Waals surface area (Å²) in [5.41, 5.74) is 4.16. The first-order valence-electron chi connectivity index (χ1n) is 9.20. The van der Waals surface area contributed by atoms with Gasteiger partial charge in [0.1, 0.15) is 11.0 Å². The molecular formula is C23H16N2O4S. The minimum Gasteiger partial charge on any atom is -0.465 e. The molecule has 0 atom stereocenters. The minimum absolute atomic E-state index is 0.354. The van der Waals surface area contributed by atoms with Crippen LogP contribution in [0, 0.1) is 0 Å². The number of aromatic nitrogens is 2. The van der Waals surface area contributed by atoms with E-state index in [2.05, 4.69) is 4.98 Å². The summed E-state index contributed by atoms with van der Waals surface area (Å²) in [4.78, 5) is 22.5. The quantitative estimate of drug-likeness (QED) is 0.270. The monoisotopic (exact) mass is 416 g/mol. The summed E-state index contributed by atoms with van der Waals surface area (Å²) in [7, 11) is 1.34. The highest BCUT2D eigenvalue weighted by Crippen LogP contribution is 2.34. The van der Waals surface area contributed by atoms with Crippen LogP contribution in [0.25, 0.3) is 45.1 Å². The predicted molar refractivity (Wildman–Crippen MR) is 116 cm³/mol. The lowest BCUT2D eigenvalue weighted by Crippen LogP contribution is -2.01. The maximum Gasteiger partial charge on any atom is 0.340 e. The van der Waals surface area contributed by atoms with Crippen molar-refractivity contribution in [1.82, 2.24) is 9.97 Å². The van der Waals surface area contributed by atoms with Crippen LogP contribution in [0.3, 0.4) is 0 Å². The van der Waals surface area contributed by atoms with E-state index in [1.54, 1.807) is 30.0 Å². The summed E-state index contributed by atoms with van der Waals surface area (Å²) in [6.07, 6.45) is 2.03. The molecule has 5 aromatic rings. The molecule has 0 radical (unpaired) electrons. The molecule has 0 aliphatic rings. The molecule has 0 amide bonds. The largest absolute Gasteiger partial charge is 0.465 e. The Bertz CT molecular complexity index is 1390. The number of oxazole rings is 2. The van der Waals surface area contributed by atoms with Gasteiger partial charge in [-0.1, -0.05) is 12.1 Å².